The Hall–Kier alpha value is -17.1. The van der Waals surface area contributed by atoms with Crippen molar-refractivity contribution in [2.24, 2.45) is 0 Å². The van der Waals surface area contributed by atoms with Crippen LogP contribution in [0.2, 0.25) is 0 Å². The van der Waals surface area contributed by atoms with Gasteiger partial charge in [0.2, 0.25) is 0 Å². The lowest BCUT2D eigenvalue weighted by atomic mass is 10.1. The van der Waals surface area contributed by atoms with Crippen LogP contribution in [-0.2, 0) is 0 Å². The van der Waals surface area contributed by atoms with Crippen LogP contribution < -0.4 is 0 Å². The summed E-state index contributed by atoms with van der Waals surface area (Å²) in [5.41, 5.74) is 29.3. The monoisotopic (exact) mass is 1890 g/mol. The summed E-state index contributed by atoms with van der Waals surface area (Å²) < 4.78 is 35.8. The summed E-state index contributed by atoms with van der Waals surface area (Å²) in [7, 11) is 0. The lowest BCUT2D eigenvalue weighted by molar-refractivity contribution is 0.665. The van der Waals surface area contributed by atoms with E-state index in [2.05, 4.69) is 479 Å². The van der Waals surface area contributed by atoms with E-state index >= 15 is 0 Å². The topological polar surface area (TPSA) is 59.1 Å². The number of thiophene rings is 3. The maximum Gasteiger partial charge on any atom is 0.159 e. The van der Waals surface area contributed by atoms with E-state index in [-0.39, 0.29) is 0 Å². The van der Waals surface area contributed by atoms with Crippen LogP contribution >= 0.6 is 34.0 Å². The molecule has 0 N–H and O–H groups in total. The fourth-order valence-electron chi connectivity index (χ4n) is 21.2. The second kappa shape index (κ2) is 36.6. The van der Waals surface area contributed by atoms with Crippen LogP contribution in [0.1, 0.15) is 38.9 Å². The highest BCUT2D eigenvalue weighted by Gasteiger charge is 2.22. The first-order valence-electron chi connectivity index (χ1n) is 48.7. The number of hydrogen-bond donors (Lipinski definition) is 0. The average molecular weight is 1890 g/mol. The van der Waals surface area contributed by atoms with Crippen LogP contribution in [0.25, 0.3) is 236 Å². The zero-order valence-corrected chi connectivity index (χ0v) is 82.5. The van der Waals surface area contributed by atoms with Crippen molar-refractivity contribution in [2.45, 2.75) is 48.5 Å². The Labute approximate surface area is 837 Å². The number of nitrogens with zero attached hydrogens (tertiary/aromatic N) is 4. The molecule has 143 heavy (non-hydrogen) atoms. The first kappa shape index (κ1) is 87.4. The first-order valence-corrected chi connectivity index (χ1v) is 51.2. The quantitative estimate of drug-likeness (QED) is 0.176. The molecule has 0 saturated heterocycles. The smallest absolute Gasteiger partial charge is 0.159 e. The Kier molecular flexibility index (Phi) is 22.4. The first-order chi connectivity index (χ1) is 70.3. The minimum atomic E-state index is 0.927. The van der Waals surface area contributed by atoms with Crippen LogP contribution in [0.4, 0.5) is 0 Å². The van der Waals surface area contributed by atoms with Gasteiger partial charge in [0.15, 0.2) is 5.58 Å². The molecule has 684 valence electrons. The molecule has 21 aromatic carbocycles. The highest BCUT2D eigenvalue weighted by molar-refractivity contribution is 7.26. The summed E-state index contributed by atoms with van der Waals surface area (Å²) in [5, 5.41) is 25.7. The average Bonchev–Trinajstić information content (AvgIpc) is 1.58. The Balaban J connectivity index is 0.0000000891. The summed E-state index contributed by atoms with van der Waals surface area (Å²) in [6, 6.07) is 162. The third-order valence-corrected chi connectivity index (χ3v) is 31.5. The van der Waals surface area contributed by atoms with E-state index in [4.69, 9.17) is 13.3 Å². The van der Waals surface area contributed by atoms with E-state index in [0.29, 0.717) is 0 Å². The highest BCUT2D eigenvalue weighted by Crippen LogP contribution is 2.45. The number of rotatable bonds is 4. The van der Waals surface area contributed by atoms with Crippen LogP contribution in [-0.4, -0.2) is 18.3 Å². The predicted octanol–water partition coefficient (Wildman–Crippen LogP) is 39.2. The molecule has 0 aliphatic rings. The summed E-state index contributed by atoms with van der Waals surface area (Å²) >= 11 is 5.63. The molecule has 0 amide bonds. The largest absolute Gasteiger partial charge is 0.456 e. The van der Waals surface area contributed by atoms with Crippen molar-refractivity contribution in [2.75, 3.05) is 0 Å². The molecule has 0 radical (unpaired) electrons. The fourth-order valence-corrected chi connectivity index (χ4v) is 24.6. The van der Waals surface area contributed by atoms with Gasteiger partial charge in [-0.3, -0.25) is 0 Å². The number of aromatic nitrogens is 4. The van der Waals surface area contributed by atoms with Gasteiger partial charge in [-0.2, -0.15) is 0 Å². The van der Waals surface area contributed by atoms with Crippen molar-refractivity contribution < 1.29 is 13.3 Å². The van der Waals surface area contributed by atoms with Crippen molar-refractivity contribution >= 4 is 248 Å². The number of furan rings is 3. The van der Waals surface area contributed by atoms with Crippen molar-refractivity contribution in [1.29, 1.82) is 0 Å². The Bertz CT molecular complexity index is 10000. The van der Waals surface area contributed by atoms with Crippen LogP contribution in [0.15, 0.2) is 468 Å². The second-order valence-corrected chi connectivity index (χ2v) is 40.6. The maximum absolute atomic E-state index is 6.31. The molecule has 7 nitrogen and oxygen atoms in total. The zero-order chi connectivity index (χ0) is 96.0. The minimum Gasteiger partial charge on any atom is -0.456 e. The normalized spacial score (nSPS) is 11.6. The van der Waals surface area contributed by atoms with E-state index in [1.165, 1.54) is 209 Å². The van der Waals surface area contributed by atoms with Gasteiger partial charge in [0.25, 0.3) is 0 Å². The maximum atomic E-state index is 6.31. The molecule has 10 heteroatoms. The standard InChI is InChI=1S/2C25H17NO.C25H17NS.C19H15N.C13H10O.2C13H10S/c1-16-13-14-22-20(15-16)17-7-2-4-10-21(17)26(22)23-11-6-9-19-18-8-3-5-12-24(18)27-25(19)23;2*1-16-10-12-23-20(14-16)18-6-2-4-8-22(18)26(23)17-11-13-25-21(15-17)19-7-3-5-9-24(19)27-25;1-14-11-12-19-17(13-14)16-9-5-6-10-18(16)20(19)15-7-3-2-4-8-15;2*1-9-5-4-7-11-10-6-2-3-8-12(10)14-13(9)11;1-9-6-7-13-11(8-9)10-4-2-3-5-12(10)14-13/h3*2-15H,1H3;2-13H,1H3;3*2-8H,1H3. The summed E-state index contributed by atoms with van der Waals surface area (Å²) in [5.74, 6) is 0. The minimum absolute atomic E-state index is 0.927. The van der Waals surface area contributed by atoms with Gasteiger partial charge < -0.3 is 31.5 Å². The van der Waals surface area contributed by atoms with E-state index < -0.39 is 0 Å². The zero-order valence-electron chi connectivity index (χ0n) is 80.0. The molecule has 0 saturated carbocycles. The molecule has 31 rings (SSSR count). The molecular formula is C133H96N4O3S3. The highest BCUT2D eigenvalue weighted by atomic mass is 32.1. The molecule has 0 atom stereocenters. The van der Waals surface area contributed by atoms with Gasteiger partial charge in [0.05, 0.1) is 49.8 Å². The Morgan fingerprint density at radius 3 is 0.958 bits per heavy atom. The summed E-state index contributed by atoms with van der Waals surface area (Å²) in [4.78, 5) is 0. The van der Waals surface area contributed by atoms with E-state index in [1.54, 1.807) is 0 Å². The SMILES string of the molecule is Cc1ccc2c(c1)c1ccccc1n2-c1ccc2oc3ccccc3c2c1.Cc1ccc2c(c1)c1ccccc1n2-c1ccc2sc3ccccc3c2c1.Cc1ccc2c(c1)c1ccccc1n2-c1cccc2c1oc1ccccc12.Cc1ccc2c(c1)c1ccccc1n2-c1ccccc1.Cc1ccc2sc3ccccc3c2c1.Cc1cccc2c1oc1ccccc12.Cc1cccc2c1sc1ccccc12. The fraction of sp³-hybridized carbons (Fsp3) is 0.0526. The predicted molar refractivity (Wildman–Crippen MR) is 616 cm³/mol. The second-order valence-electron chi connectivity index (χ2n) is 37.3. The lowest BCUT2D eigenvalue weighted by Gasteiger charge is -2.08. The van der Waals surface area contributed by atoms with Gasteiger partial charge in [0.1, 0.15) is 27.9 Å². The third-order valence-electron chi connectivity index (χ3n) is 27.9. The van der Waals surface area contributed by atoms with Crippen LogP contribution in [0, 0.1) is 48.5 Å². The number of para-hydroxylation sites is 10. The van der Waals surface area contributed by atoms with Gasteiger partial charge in [0, 0.05) is 153 Å². The summed E-state index contributed by atoms with van der Waals surface area (Å²) in [6.07, 6.45) is 0. The van der Waals surface area contributed by atoms with Gasteiger partial charge in [-0.15, -0.1) is 34.0 Å². The molecule has 31 aromatic rings. The molecule has 0 aliphatic heterocycles. The molecule has 0 bridgehead atoms. The van der Waals surface area contributed by atoms with Gasteiger partial charge in [-0.1, -0.05) is 307 Å². The van der Waals surface area contributed by atoms with Gasteiger partial charge in [-0.05, 0) is 236 Å². The molecular weight excluding hydrogens is 1800 g/mol. The number of benzene rings is 21. The van der Waals surface area contributed by atoms with Crippen molar-refractivity contribution in [1.82, 2.24) is 18.3 Å². The van der Waals surface area contributed by atoms with Crippen LogP contribution in [0.5, 0.6) is 0 Å². The van der Waals surface area contributed by atoms with E-state index in [0.717, 1.165) is 66.4 Å². The number of fused-ring (bicyclic) bond motifs is 30. The lowest BCUT2D eigenvalue weighted by Crippen LogP contribution is -1.94. The Morgan fingerprint density at radius 1 is 0.161 bits per heavy atom. The number of aryl methyl sites for hydroxylation is 7. The third kappa shape index (κ3) is 15.8. The molecule has 0 spiro atoms. The molecule has 0 aliphatic carbocycles. The molecule has 0 unspecified atom stereocenters. The van der Waals surface area contributed by atoms with Crippen molar-refractivity contribution in [3.8, 4) is 22.7 Å². The van der Waals surface area contributed by atoms with Crippen LogP contribution in [0.3, 0.4) is 0 Å². The van der Waals surface area contributed by atoms with Crippen molar-refractivity contribution in [3.63, 3.8) is 0 Å². The van der Waals surface area contributed by atoms with Gasteiger partial charge >= 0.3 is 0 Å². The summed E-state index contributed by atoms with van der Waals surface area (Å²) in [6.45, 7) is 15.0. The van der Waals surface area contributed by atoms with E-state index in [1.807, 2.05) is 76.5 Å². The molecule has 10 heterocycles. The van der Waals surface area contributed by atoms with Gasteiger partial charge in [-0.25, -0.2) is 0 Å². The van der Waals surface area contributed by atoms with Crippen molar-refractivity contribution in [3.05, 3.63) is 494 Å². The molecule has 10 aromatic heterocycles. The Morgan fingerprint density at radius 2 is 0.462 bits per heavy atom. The van der Waals surface area contributed by atoms with E-state index in [9.17, 15) is 0 Å². The number of hydrogen-bond acceptors (Lipinski definition) is 6. The molecule has 0 fully saturated rings.